The minimum Gasteiger partial charge on any atom is -0.240 e. The third-order valence-electron chi connectivity index (χ3n) is 10.7. The molecule has 0 aliphatic heterocycles. The van der Waals surface area contributed by atoms with Gasteiger partial charge in [-0.2, -0.15) is 0 Å². The Hall–Kier alpha value is -5.38. The van der Waals surface area contributed by atoms with Crippen LogP contribution in [0.2, 0.25) is 0 Å². The quantitative estimate of drug-likeness (QED) is 0.178. The van der Waals surface area contributed by atoms with E-state index in [1.807, 2.05) is 11.3 Å². The average molecular weight is 647 g/mol. The van der Waals surface area contributed by atoms with E-state index < -0.39 is 0 Å². The Labute approximate surface area is 289 Å². The number of hydrogen-bond acceptors (Lipinski definition) is 3. The van der Waals surface area contributed by atoms with E-state index >= 15 is 0 Å². The van der Waals surface area contributed by atoms with E-state index in [2.05, 4.69) is 133 Å². The molecule has 2 aromatic heterocycles. The first kappa shape index (κ1) is 28.6. The molecule has 7 aromatic carbocycles. The number of thiophene rings is 1. The molecule has 1 fully saturated rings. The fourth-order valence-corrected chi connectivity index (χ4v) is 9.60. The van der Waals surface area contributed by atoms with Gasteiger partial charge in [0, 0.05) is 36.9 Å². The van der Waals surface area contributed by atoms with Gasteiger partial charge in [0.2, 0.25) is 0 Å². The number of rotatable bonds is 4. The number of fused-ring (bicyclic) bond motifs is 9. The summed E-state index contributed by atoms with van der Waals surface area (Å²) < 4.78 is 2.68. The summed E-state index contributed by atoms with van der Waals surface area (Å²) in [5, 5.41) is 8.91. The van der Waals surface area contributed by atoms with Crippen LogP contribution in [0.3, 0.4) is 0 Å². The van der Waals surface area contributed by atoms with Crippen molar-refractivity contribution in [2.24, 2.45) is 0 Å². The van der Waals surface area contributed by atoms with E-state index in [-0.39, 0.29) is 0 Å². The summed E-state index contributed by atoms with van der Waals surface area (Å²) in [4.78, 5) is 9.94. The molecule has 0 amide bonds. The van der Waals surface area contributed by atoms with Gasteiger partial charge in [-0.3, -0.25) is 0 Å². The van der Waals surface area contributed by atoms with E-state index in [1.165, 1.54) is 118 Å². The molecular weight excluding hydrogens is 613 g/mol. The SMILES string of the molecule is c1cc(-c2cccc(-c3cccc4c3sc3ccccc34)c2)cc(-c2ccc3c4ccccc4c4c(C5CCCCC5)ncnc4c3c2)c1. The molecule has 1 aliphatic carbocycles. The Balaban J connectivity index is 1.09. The van der Waals surface area contributed by atoms with Crippen molar-refractivity contribution in [2.75, 3.05) is 0 Å². The van der Waals surface area contributed by atoms with E-state index in [4.69, 9.17) is 9.97 Å². The molecule has 49 heavy (non-hydrogen) atoms. The summed E-state index contributed by atoms with van der Waals surface area (Å²) in [7, 11) is 0. The van der Waals surface area contributed by atoms with Crippen LogP contribution in [0.5, 0.6) is 0 Å². The summed E-state index contributed by atoms with van der Waals surface area (Å²) >= 11 is 1.89. The van der Waals surface area contributed by atoms with E-state index in [9.17, 15) is 0 Å². The highest BCUT2D eigenvalue weighted by molar-refractivity contribution is 7.26. The number of nitrogens with zero attached hydrogens (tertiary/aromatic N) is 2. The molecule has 2 nitrogen and oxygen atoms in total. The van der Waals surface area contributed by atoms with Crippen molar-refractivity contribution in [3.8, 4) is 33.4 Å². The van der Waals surface area contributed by atoms with E-state index in [1.54, 1.807) is 6.33 Å². The lowest BCUT2D eigenvalue weighted by atomic mass is 9.83. The van der Waals surface area contributed by atoms with Gasteiger partial charge in [0.25, 0.3) is 0 Å². The third-order valence-corrected chi connectivity index (χ3v) is 12.0. The zero-order chi connectivity index (χ0) is 32.3. The Morgan fingerprint density at radius 1 is 0.469 bits per heavy atom. The lowest BCUT2D eigenvalue weighted by Gasteiger charge is -2.23. The minimum atomic E-state index is 0.501. The van der Waals surface area contributed by atoms with Crippen LogP contribution in [0.15, 0.2) is 140 Å². The van der Waals surface area contributed by atoms with Crippen molar-refractivity contribution < 1.29 is 0 Å². The lowest BCUT2D eigenvalue weighted by molar-refractivity contribution is 0.439. The summed E-state index contributed by atoms with van der Waals surface area (Å²) in [5.74, 6) is 0.501. The summed E-state index contributed by atoms with van der Waals surface area (Å²) in [6.45, 7) is 0. The first-order valence-corrected chi connectivity index (χ1v) is 18.3. The predicted octanol–water partition coefficient (Wildman–Crippen LogP) is 13.4. The van der Waals surface area contributed by atoms with Crippen molar-refractivity contribution >= 4 is 64.0 Å². The van der Waals surface area contributed by atoms with Crippen LogP contribution >= 0.6 is 11.3 Å². The largest absolute Gasteiger partial charge is 0.240 e. The van der Waals surface area contributed by atoms with Gasteiger partial charge >= 0.3 is 0 Å². The zero-order valence-electron chi connectivity index (χ0n) is 27.2. The van der Waals surface area contributed by atoms with Crippen molar-refractivity contribution in [1.29, 1.82) is 0 Å². The predicted molar refractivity (Wildman–Crippen MR) is 210 cm³/mol. The Bertz CT molecular complexity index is 2710. The van der Waals surface area contributed by atoms with Crippen molar-refractivity contribution in [2.45, 2.75) is 38.0 Å². The van der Waals surface area contributed by atoms with Gasteiger partial charge in [-0.15, -0.1) is 11.3 Å². The molecule has 1 aliphatic rings. The minimum absolute atomic E-state index is 0.501. The van der Waals surface area contributed by atoms with Crippen molar-refractivity contribution in [3.05, 3.63) is 145 Å². The van der Waals surface area contributed by atoms with Crippen LogP contribution in [-0.2, 0) is 0 Å². The highest BCUT2D eigenvalue weighted by Crippen LogP contribution is 2.43. The summed E-state index contributed by atoms with van der Waals surface area (Å²) in [6.07, 6.45) is 8.13. The maximum atomic E-state index is 4.98. The maximum Gasteiger partial charge on any atom is 0.116 e. The van der Waals surface area contributed by atoms with Crippen LogP contribution in [0.4, 0.5) is 0 Å². The van der Waals surface area contributed by atoms with Crippen molar-refractivity contribution in [1.82, 2.24) is 9.97 Å². The van der Waals surface area contributed by atoms with E-state index in [0.29, 0.717) is 5.92 Å². The second-order valence-corrected chi connectivity index (χ2v) is 14.6. The van der Waals surface area contributed by atoms with Gasteiger partial charge < -0.3 is 0 Å². The molecule has 0 unspecified atom stereocenters. The zero-order valence-corrected chi connectivity index (χ0v) is 28.0. The first-order valence-electron chi connectivity index (χ1n) is 17.5. The summed E-state index contributed by atoms with van der Waals surface area (Å²) in [6, 6.07) is 49.2. The molecule has 0 bridgehead atoms. The third kappa shape index (κ3) is 4.75. The van der Waals surface area contributed by atoms with Gasteiger partial charge in [0.15, 0.2) is 0 Å². The Kier molecular flexibility index (Phi) is 6.80. The van der Waals surface area contributed by atoms with Gasteiger partial charge in [-0.25, -0.2) is 9.97 Å². The molecule has 2 heterocycles. The number of hydrogen-bond donors (Lipinski definition) is 0. The van der Waals surface area contributed by atoms with E-state index in [0.717, 1.165) is 5.52 Å². The van der Waals surface area contributed by atoms with Gasteiger partial charge in [0.1, 0.15) is 6.33 Å². The molecule has 10 rings (SSSR count). The van der Waals surface area contributed by atoms with Crippen LogP contribution in [0.1, 0.15) is 43.7 Å². The standard InChI is InChI=1S/C46H34N2S/c1-2-11-29(12-3-1)44-43-39-19-5-4-17-36(39)37-24-23-33(27-41(37)45(43)48-28-47-44)31-14-8-13-30(25-31)32-15-9-16-34(26-32)35-20-10-21-40-38-18-6-7-22-42(38)49-46(35)40/h4-10,13-29H,1-3,11-12H2. The lowest BCUT2D eigenvalue weighted by Crippen LogP contribution is -2.08. The molecule has 0 N–H and O–H groups in total. The fraction of sp³-hybridized carbons (Fsp3) is 0.130. The van der Waals surface area contributed by atoms with Crippen LogP contribution < -0.4 is 0 Å². The molecule has 3 heteroatoms. The van der Waals surface area contributed by atoms with Gasteiger partial charge in [-0.05, 0) is 86.6 Å². The van der Waals surface area contributed by atoms with Crippen LogP contribution in [-0.4, -0.2) is 9.97 Å². The molecule has 0 saturated heterocycles. The molecule has 0 radical (unpaired) electrons. The normalized spacial score (nSPS) is 14.0. The highest BCUT2D eigenvalue weighted by Gasteiger charge is 2.22. The second kappa shape index (κ2) is 11.6. The highest BCUT2D eigenvalue weighted by atomic mass is 32.1. The van der Waals surface area contributed by atoms with Gasteiger partial charge in [-0.1, -0.05) is 128 Å². The van der Waals surface area contributed by atoms with Gasteiger partial charge in [0.05, 0.1) is 11.2 Å². The molecule has 9 aromatic rings. The smallest absolute Gasteiger partial charge is 0.116 e. The van der Waals surface area contributed by atoms with Crippen molar-refractivity contribution in [3.63, 3.8) is 0 Å². The topological polar surface area (TPSA) is 25.8 Å². The monoisotopic (exact) mass is 646 g/mol. The first-order chi connectivity index (χ1) is 24.3. The average Bonchev–Trinajstić information content (AvgIpc) is 3.57. The maximum absolute atomic E-state index is 4.98. The number of aromatic nitrogens is 2. The summed E-state index contributed by atoms with van der Waals surface area (Å²) in [5.41, 5.74) is 9.70. The van der Waals surface area contributed by atoms with Crippen LogP contribution in [0.25, 0.3) is 86.0 Å². The Morgan fingerprint density at radius 2 is 1.10 bits per heavy atom. The fourth-order valence-electron chi connectivity index (χ4n) is 8.36. The Morgan fingerprint density at radius 3 is 1.92 bits per heavy atom. The second-order valence-electron chi connectivity index (χ2n) is 13.6. The molecule has 0 atom stereocenters. The number of benzene rings is 7. The van der Waals surface area contributed by atoms with Crippen LogP contribution in [0, 0.1) is 0 Å². The molecule has 234 valence electrons. The molecular formula is C46H34N2S. The molecule has 0 spiro atoms. The molecule has 1 saturated carbocycles.